The molecule has 1 aliphatic rings. The molecule has 2 rings (SSSR count). The Morgan fingerprint density at radius 3 is 2.67 bits per heavy atom. The first kappa shape index (κ1) is 12.9. The summed E-state index contributed by atoms with van der Waals surface area (Å²) in [7, 11) is 1.32. The summed E-state index contributed by atoms with van der Waals surface area (Å²) in [6, 6.07) is 5.94. The van der Waals surface area contributed by atoms with Gasteiger partial charge in [0.2, 0.25) is 5.91 Å². The first-order valence-corrected chi connectivity index (χ1v) is 5.85. The molecule has 5 nitrogen and oxygen atoms in total. The van der Waals surface area contributed by atoms with Crippen molar-refractivity contribution in [1.82, 2.24) is 10.6 Å². The second-order valence-electron chi connectivity index (χ2n) is 3.98. The van der Waals surface area contributed by atoms with E-state index in [1.165, 1.54) is 7.11 Å². The lowest BCUT2D eigenvalue weighted by Gasteiger charge is -2.31. The Kier molecular flexibility index (Phi) is 3.84. The summed E-state index contributed by atoms with van der Waals surface area (Å²) in [5, 5.41) is 6.24. The highest BCUT2D eigenvalue weighted by atomic mass is 35.5. The number of ether oxygens (including phenoxy) is 1. The first-order valence-electron chi connectivity index (χ1n) is 5.48. The van der Waals surface area contributed by atoms with Crippen molar-refractivity contribution in [3.8, 4) is 0 Å². The fourth-order valence-corrected chi connectivity index (χ4v) is 2.05. The highest BCUT2D eigenvalue weighted by Crippen LogP contribution is 2.22. The number of rotatable bonds is 2. The average molecular weight is 269 g/mol. The van der Waals surface area contributed by atoms with Gasteiger partial charge in [-0.15, -0.1) is 0 Å². The van der Waals surface area contributed by atoms with Gasteiger partial charge in [0, 0.05) is 5.02 Å². The van der Waals surface area contributed by atoms with Gasteiger partial charge >= 0.3 is 5.97 Å². The van der Waals surface area contributed by atoms with Crippen LogP contribution in [0.25, 0.3) is 0 Å². The van der Waals surface area contributed by atoms with Gasteiger partial charge in [-0.1, -0.05) is 23.7 Å². The molecular weight excluding hydrogens is 256 g/mol. The monoisotopic (exact) mass is 268 g/mol. The predicted molar refractivity (Wildman–Crippen MR) is 66.1 cm³/mol. The Morgan fingerprint density at radius 1 is 1.39 bits per heavy atom. The van der Waals surface area contributed by atoms with Crippen LogP contribution in [0.2, 0.25) is 5.02 Å². The lowest BCUT2D eigenvalue weighted by atomic mass is 9.97. The van der Waals surface area contributed by atoms with E-state index in [0.29, 0.717) is 5.02 Å². The third-order valence-corrected chi connectivity index (χ3v) is 3.07. The Bertz CT molecular complexity index is 461. The molecule has 2 N–H and O–H groups in total. The van der Waals surface area contributed by atoms with E-state index in [1.54, 1.807) is 24.3 Å². The zero-order valence-electron chi connectivity index (χ0n) is 9.77. The molecular formula is C12H13ClN2O3. The van der Waals surface area contributed by atoms with Crippen molar-refractivity contribution in [2.24, 2.45) is 0 Å². The van der Waals surface area contributed by atoms with Crippen LogP contribution in [-0.2, 0) is 14.3 Å². The molecule has 1 aromatic rings. The molecule has 0 spiro atoms. The molecule has 0 radical (unpaired) electrons. The Morgan fingerprint density at radius 2 is 2.06 bits per heavy atom. The second kappa shape index (κ2) is 5.37. The van der Waals surface area contributed by atoms with E-state index in [-0.39, 0.29) is 12.5 Å². The summed E-state index contributed by atoms with van der Waals surface area (Å²) < 4.78 is 4.72. The van der Waals surface area contributed by atoms with E-state index in [1.807, 2.05) is 0 Å². The minimum absolute atomic E-state index is 0.101. The van der Waals surface area contributed by atoms with Crippen LogP contribution in [0.15, 0.2) is 24.3 Å². The molecule has 0 bridgehead atoms. The number of piperazine rings is 1. The number of hydrogen-bond acceptors (Lipinski definition) is 4. The molecule has 0 unspecified atom stereocenters. The van der Waals surface area contributed by atoms with Crippen LogP contribution in [0.1, 0.15) is 11.6 Å². The van der Waals surface area contributed by atoms with Crippen LogP contribution in [0.4, 0.5) is 0 Å². The molecule has 1 aromatic carbocycles. The third-order valence-electron chi connectivity index (χ3n) is 2.82. The van der Waals surface area contributed by atoms with Crippen molar-refractivity contribution in [2.45, 2.75) is 12.1 Å². The van der Waals surface area contributed by atoms with Gasteiger partial charge in [-0.05, 0) is 17.7 Å². The molecule has 0 aromatic heterocycles. The number of methoxy groups -OCH3 is 1. The predicted octanol–water partition coefficient (Wildman–Crippen LogP) is 0.642. The highest BCUT2D eigenvalue weighted by molar-refractivity contribution is 6.30. The molecule has 1 fully saturated rings. The molecule has 6 heteroatoms. The number of carbonyl (C=O) groups is 2. The molecule has 0 saturated carbocycles. The largest absolute Gasteiger partial charge is 0.468 e. The van der Waals surface area contributed by atoms with Crippen molar-refractivity contribution in [3.63, 3.8) is 0 Å². The maximum absolute atomic E-state index is 11.7. The maximum Gasteiger partial charge on any atom is 0.325 e. The van der Waals surface area contributed by atoms with Crippen LogP contribution in [-0.4, -0.2) is 31.6 Å². The van der Waals surface area contributed by atoms with Gasteiger partial charge in [-0.25, -0.2) is 0 Å². The molecule has 96 valence electrons. The van der Waals surface area contributed by atoms with Crippen molar-refractivity contribution in [3.05, 3.63) is 34.9 Å². The zero-order valence-corrected chi connectivity index (χ0v) is 10.5. The normalized spacial score (nSPS) is 23.3. The molecule has 1 heterocycles. The standard InChI is InChI=1S/C12H13ClN2O3/c1-18-12(17)11-10(15-9(16)6-14-11)7-2-4-8(13)5-3-7/h2-5,10-11,14H,6H2,1H3,(H,15,16)/t10-,11+/m0/s1. The Hall–Kier alpha value is -1.59. The van der Waals surface area contributed by atoms with E-state index in [0.717, 1.165) is 5.56 Å². The number of hydrogen-bond donors (Lipinski definition) is 2. The van der Waals surface area contributed by atoms with Crippen LogP contribution in [0, 0.1) is 0 Å². The summed E-state index contributed by atoms with van der Waals surface area (Å²) in [5.74, 6) is -0.565. The first-order chi connectivity index (χ1) is 8.61. The van der Waals surface area contributed by atoms with Crippen molar-refractivity contribution < 1.29 is 14.3 Å². The summed E-state index contributed by atoms with van der Waals surface area (Å²) >= 11 is 5.81. The topological polar surface area (TPSA) is 67.4 Å². The van der Waals surface area contributed by atoms with Crippen molar-refractivity contribution in [1.29, 1.82) is 0 Å². The van der Waals surface area contributed by atoms with E-state index in [9.17, 15) is 9.59 Å². The van der Waals surface area contributed by atoms with Gasteiger partial charge in [0.15, 0.2) is 0 Å². The van der Waals surface area contributed by atoms with E-state index < -0.39 is 18.1 Å². The average Bonchev–Trinajstić information content (AvgIpc) is 2.38. The van der Waals surface area contributed by atoms with Gasteiger partial charge in [0.05, 0.1) is 19.7 Å². The fraction of sp³-hybridized carbons (Fsp3) is 0.333. The zero-order chi connectivity index (χ0) is 13.1. The van der Waals surface area contributed by atoms with Crippen LogP contribution in [0.3, 0.4) is 0 Å². The SMILES string of the molecule is COC(=O)[C@@H]1NCC(=O)N[C@H]1c1ccc(Cl)cc1. The molecule has 1 saturated heterocycles. The number of esters is 1. The van der Waals surface area contributed by atoms with Gasteiger partial charge in [-0.3, -0.25) is 14.9 Å². The summed E-state index contributed by atoms with van der Waals surface area (Å²) in [6.07, 6.45) is 0. The number of carbonyl (C=O) groups excluding carboxylic acids is 2. The minimum Gasteiger partial charge on any atom is -0.468 e. The molecule has 2 atom stereocenters. The second-order valence-corrected chi connectivity index (χ2v) is 4.41. The van der Waals surface area contributed by atoms with Crippen molar-refractivity contribution in [2.75, 3.05) is 13.7 Å². The van der Waals surface area contributed by atoms with Gasteiger partial charge in [0.25, 0.3) is 0 Å². The van der Waals surface area contributed by atoms with E-state index in [4.69, 9.17) is 16.3 Å². The number of halogens is 1. The lowest BCUT2D eigenvalue weighted by molar-refractivity contribution is -0.145. The van der Waals surface area contributed by atoms with E-state index >= 15 is 0 Å². The molecule has 1 amide bonds. The number of nitrogens with one attached hydrogen (secondary N) is 2. The number of amides is 1. The van der Waals surface area contributed by atoms with Gasteiger partial charge in [0.1, 0.15) is 6.04 Å². The smallest absolute Gasteiger partial charge is 0.325 e. The van der Waals surface area contributed by atoms with Gasteiger partial charge < -0.3 is 10.1 Å². The summed E-state index contributed by atoms with van der Waals surface area (Å²) in [6.45, 7) is 0.101. The number of benzene rings is 1. The van der Waals surface area contributed by atoms with Crippen molar-refractivity contribution >= 4 is 23.5 Å². The van der Waals surface area contributed by atoms with Gasteiger partial charge in [-0.2, -0.15) is 0 Å². The third kappa shape index (κ3) is 2.63. The van der Waals surface area contributed by atoms with Crippen LogP contribution in [0.5, 0.6) is 0 Å². The molecule has 18 heavy (non-hydrogen) atoms. The maximum atomic E-state index is 11.7. The molecule has 0 aliphatic carbocycles. The Labute approximate surface area is 109 Å². The summed E-state index contributed by atoms with van der Waals surface area (Å²) in [4.78, 5) is 23.1. The van der Waals surface area contributed by atoms with Crippen LogP contribution < -0.4 is 10.6 Å². The highest BCUT2D eigenvalue weighted by Gasteiger charge is 2.35. The summed E-state index contributed by atoms with van der Waals surface area (Å²) in [5.41, 5.74) is 0.801. The molecule has 1 aliphatic heterocycles. The van der Waals surface area contributed by atoms with Crippen LogP contribution >= 0.6 is 11.6 Å². The fourth-order valence-electron chi connectivity index (χ4n) is 1.92. The Balaban J connectivity index is 2.27. The lowest BCUT2D eigenvalue weighted by Crippen LogP contribution is -2.57. The van der Waals surface area contributed by atoms with E-state index in [2.05, 4.69) is 10.6 Å². The minimum atomic E-state index is -0.589. The quantitative estimate of drug-likeness (QED) is 0.773.